The van der Waals surface area contributed by atoms with Crippen LogP contribution in [0.15, 0.2) is 24.3 Å². The van der Waals surface area contributed by atoms with E-state index in [0.717, 1.165) is 0 Å². The zero-order valence-corrected chi connectivity index (χ0v) is 14.3. The molecule has 6 heteroatoms. The minimum Gasteiger partial charge on any atom is -0.359 e. The molecule has 0 saturated heterocycles. The first-order chi connectivity index (χ1) is 10.8. The lowest BCUT2D eigenvalue weighted by Crippen LogP contribution is -2.50. The molecule has 2 N–H and O–H groups in total. The van der Waals surface area contributed by atoms with Crippen molar-refractivity contribution in [2.24, 2.45) is 0 Å². The molecule has 0 unspecified atom stereocenters. The Kier molecular flexibility index (Phi) is 7.00. The van der Waals surface area contributed by atoms with Crippen molar-refractivity contribution in [3.63, 3.8) is 0 Å². The monoisotopic (exact) mass is 323 g/mol. The molecule has 1 aromatic carbocycles. The summed E-state index contributed by atoms with van der Waals surface area (Å²) in [6.07, 6.45) is 0.860. The molecule has 0 aromatic heterocycles. The Labute approximate surface area is 137 Å². The van der Waals surface area contributed by atoms with Crippen LogP contribution in [0.1, 0.15) is 39.2 Å². The second-order valence-electron chi connectivity index (χ2n) is 6.09. The number of carbonyl (C=O) groups is 2. The predicted octanol–water partition coefficient (Wildman–Crippen LogP) is 2.66. The van der Waals surface area contributed by atoms with Gasteiger partial charge in [0.25, 0.3) is 0 Å². The molecule has 3 amide bonds. The third-order valence-electron chi connectivity index (χ3n) is 3.69. The Hall–Kier alpha value is -2.11. The maximum absolute atomic E-state index is 13.7. The minimum absolute atomic E-state index is 0.0639. The lowest BCUT2D eigenvalue weighted by atomic mass is 9.98. The molecule has 0 aliphatic carbocycles. The van der Waals surface area contributed by atoms with Crippen LogP contribution in [0.2, 0.25) is 0 Å². The maximum Gasteiger partial charge on any atom is 0.318 e. The third kappa shape index (κ3) is 6.26. The number of benzene rings is 1. The van der Waals surface area contributed by atoms with Gasteiger partial charge in [-0.15, -0.1) is 0 Å². The SMILES string of the molecule is CCN(Cc1ccccc1F)C(=O)NC(C)(C)CCC(=O)NC. The van der Waals surface area contributed by atoms with Gasteiger partial charge in [0.15, 0.2) is 0 Å². The fraction of sp³-hybridized carbons (Fsp3) is 0.529. The van der Waals surface area contributed by atoms with Crippen molar-refractivity contribution < 1.29 is 14.0 Å². The van der Waals surface area contributed by atoms with Crippen molar-refractivity contribution >= 4 is 11.9 Å². The van der Waals surface area contributed by atoms with Gasteiger partial charge in [0, 0.05) is 31.1 Å². The highest BCUT2D eigenvalue weighted by Gasteiger charge is 2.24. The van der Waals surface area contributed by atoms with Gasteiger partial charge >= 0.3 is 6.03 Å². The number of rotatable bonds is 7. The van der Waals surface area contributed by atoms with Gasteiger partial charge in [0.05, 0.1) is 6.54 Å². The summed E-state index contributed by atoms with van der Waals surface area (Å²) < 4.78 is 13.7. The smallest absolute Gasteiger partial charge is 0.318 e. The lowest BCUT2D eigenvalue weighted by Gasteiger charge is -2.30. The van der Waals surface area contributed by atoms with Gasteiger partial charge < -0.3 is 15.5 Å². The quantitative estimate of drug-likeness (QED) is 0.810. The summed E-state index contributed by atoms with van der Waals surface area (Å²) >= 11 is 0. The van der Waals surface area contributed by atoms with Crippen molar-refractivity contribution in [2.45, 2.75) is 45.7 Å². The van der Waals surface area contributed by atoms with E-state index in [9.17, 15) is 14.0 Å². The van der Waals surface area contributed by atoms with Crippen molar-refractivity contribution in [3.05, 3.63) is 35.6 Å². The highest BCUT2D eigenvalue weighted by molar-refractivity contribution is 5.76. The number of nitrogens with zero attached hydrogens (tertiary/aromatic N) is 1. The van der Waals surface area contributed by atoms with Gasteiger partial charge in [-0.1, -0.05) is 18.2 Å². The highest BCUT2D eigenvalue weighted by Crippen LogP contribution is 2.14. The van der Waals surface area contributed by atoms with Gasteiger partial charge in [0.1, 0.15) is 5.82 Å². The molecule has 0 heterocycles. The summed E-state index contributed by atoms with van der Waals surface area (Å²) in [6, 6.07) is 6.16. The number of urea groups is 1. The summed E-state index contributed by atoms with van der Waals surface area (Å²) in [5.41, 5.74) is -0.0423. The molecule has 1 rings (SSSR count). The second-order valence-corrected chi connectivity index (χ2v) is 6.09. The number of hydrogen-bond acceptors (Lipinski definition) is 2. The van der Waals surface area contributed by atoms with Crippen LogP contribution < -0.4 is 10.6 Å². The van der Waals surface area contributed by atoms with Crippen molar-refractivity contribution in [1.82, 2.24) is 15.5 Å². The van der Waals surface area contributed by atoms with Crippen LogP contribution in [-0.2, 0) is 11.3 Å². The van der Waals surface area contributed by atoms with Crippen LogP contribution in [0.25, 0.3) is 0 Å². The molecule has 0 bridgehead atoms. The molecular formula is C17H26FN3O2. The molecule has 0 atom stereocenters. The first-order valence-electron chi connectivity index (χ1n) is 7.80. The van der Waals surface area contributed by atoms with Gasteiger partial charge in [0.2, 0.25) is 5.91 Å². The Balaban J connectivity index is 2.66. The third-order valence-corrected chi connectivity index (χ3v) is 3.69. The number of nitrogens with one attached hydrogen (secondary N) is 2. The fourth-order valence-electron chi connectivity index (χ4n) is 2.14. The van der Waals surface area contributed by atoms with E-state index in [2.05, 4.69) is 10.6 Å². The van der Waals surface area contributed by atoms with E-state index in [-0.39, 0.29) is 24.3 Å². The summed E-state index contributed by atoms with van der Waals surface area (Å²) in [5.74, 6) is -0.386. The van der Waals surface area contributed by atoms with Gasteiger partial charge in [-0.2, -0.15) is 0 Å². The average Bonchev–Trinajstić information content (AvgIpc) is 2.51. The number of amides is 3. The first kappa shape index (κ1) is 18.9. The van der Waals surface area contributed by atoms with Crippen LogP contribution in [0, 0.1) is 5.82 Å². The molecule has 0 spiro atoms. The zero-order chi connectivity index (χ0) is 17.5. The maximum atomic E-state index is 13.7. The normalized spacial score (nSPS) is 11.0. The molecule has 1 aromatic rings. The van der Waals surface area contributed by atoms with Crippen LogP contribution in [-0.4, -0.2) is 36.0 Å². The largest absolute Gasteiger partial charge is 0.359 e. The van der Waals surface area contributed by atoms with E-state index in [1.165, 1.54) is 6.07 Å². The van der Waals surface area contributed by atoms with E-state index >= 15 is 0 Å². The topological polar surface area (TPSA) is 61.4 Å². The van der Waals surface area contributed by atoms with Crippen molar-refractivity contribution in [1.29, 1.82) is 0 Å². The molecule has 0 saturated carbocycles. The standard InChI is InChI=1S/C17H26FN3O2/c1-5-21(12-13-8-6-7-9-14(13)18)16(23)20-17(2,3)11-10-15(22)19-4/h6-9H,5,10-12H2,1-4H3,(H,19,22)(H,20,23). The molecule has 128 valence electrons. The number of carbonyl (C=O) groups excluding carboxylic acids is 2. The lowest BCUT2D eigenvalue weighted by molar-refractivity contribution is -0.121. The van der Waals surface area contributed by atoms with Gasteiger partial charge in [-0.25, -0.2) is 9.18 Å². The second kappa shape index (κ2) is 8.50. The molecule has 5 nitrogen and oxygen atoms in total. The number of halogens is 1. The molecule has 0 aliphatic heterocycles. The molecule has 0 radical (unpaired) electrons. The Morgan fingerprint density at radius 2 is 1.91 bits per heavy atom. The summed E-state index contributed by atoms with van der Waals surface area (Å²) in [6.45, 7) is 6.25. The first-order valence-corrected chi connectivity index (χ1v) is 7.80. The van der Waals surface area contributed by atoms with Crippen LogP contribution >= 0.6 is 0 Å². The molecule has 23 heavy (non-hydrogen) atoms. The summed E-state index contributed by atoms with van der Waals surface area (Å²) in [7, 11) is 1.58. The molecule has 0 fully saturated rings. The Morgan fingerprint density at radius 3 is 2.48 bits per heavy atom. The van der Waals surface area contributed by atoms with Crippen LogP contribution in [0.3, 0.4) is 0 Å². The van der Waals surface area contributed by atoms with Gasteiger partial charge in [-0.3, -0.25) is 4.79 Å². The molecular weight excluding hydrogens is 297 g/mol. The van der Waals surface area contributed by atoms with E-state index in [1.807, 2.05) is 20.8 Å². The van der Waals surface area contributed by atoms with Gasteiger partial charge in [-0.05, 0) is 33.3 Å². The fourth-order valence-corrected chi connectivity index (χ4v) is 2.14. The zero-order valence-electron chi connectivity index (χ0n) is 14.3. The van der Waals surface area contributed by atoms with E-state index < -0.39 is 5.54 Å². The van der Waals surface area contributed by atoms with E-state index in [4.69, 9.17) is 0 Å². The summed E-state index contributed by atoms with van der Waals surface area (Å²) in [5, 5.41) is 5.47. The molecule has 0 aliphatic rings. The predicted molar refractivity (Wildman–Crippen MR) is 88.4 cm³/mol. The Bertz CT molecular complexity index is 546. The van der Waals surface area contributed by atoms with E-state index in [0.29, 0.717) is 24.9 Å². The highest BCUT2D eigenvalue weighted by atomic mass is 19.1. The average molecular weight is 323 g/mol. The van der Waals surface area contributed by atoms with Crippen molar-refractivity contribution in [3.8, 4) is 0 Å². The minimum atomic E-state index is -0.522. The van der Waals surface area contributed by atoms with Crippen molar-refractivity contribution in [2.75, 3.05) is 13.6 Å². The van der Waals surface area contributed by atoms with Crippen LogP contribution in [0.5, 0.6) is 0 Å². The Morgan fingerprint density at radius 1 is 1.26 bits per heavy atom. The van der Waals surface area contributed by atoms with Crippen LogP contribution in [0.4, 0.5) is 9.18 Å². The summed E-state index contributed by atoms with van der Waals surface area (Å²) in [4.78, 5) is 25.3. The number of hydrogen-bond donors (Lipinski definition) is 2. The van der Waals surface area contributed by atoms with E-state index in [1.54, 1.807) is 30.1 Å².